The van der Waals surface area contributed by atoms with Crippen LogP contribution < -0.4 is 15.3 Å². The van der Waals surface area contributed by atoms with Gasteiger partial charge in [0.15, 0.2) is 0 Å². The maximum Gasteiger partial charge on any atom is 0.339 e. The van der Waals surface area contributed by atoms with Gasteiger partial charge in [0.2, 0.25) is 6.73 Å². The van der Waals surface area contributed by atoms with E-state index in [4.69, 9.17) is 9.15 Å². The van der Waals surface area contributed by atoms with Gasteiger partial charge in [0, 0.05) is 27.6 Å². The fourth-order valence-electron chi connectivity index (χ4n) is 3.83. The van der Waals surface area contributed by atoms with Crippen LogP contribution in [-0.4, -0.2) is 6.73 Å². The lowest BCUT2D eigenvalue weighted by Gasteiger charge is -2.31. The van der Waals surface area contributed by atoms with Crippen molar-refractivity contribution in [1.82, 2.24) is 0 Å². The van der Waals surface area contributed by atoms with Gasteiger partial charge in [-0.2, -0.15) is 0 Å². The monoisotopic (exact) mass is 350 g/mol. The van der Waals surface area contributed by atoms with Crippen molar-refractivity contribution in [3.05, 3.63) is 74.6 Å². The van der Waals surface area contributed by atoms with E-state index in [9.17, 15) is 4.79 Å². The molecule has 2 atom stereocenters. The van der Waals surface area contributed by atoms with Crippen LogP contribution in [0.4, 0.5) is 0 Å². The lowest BCUT2D eigenvalue weighted by Crippen LogP contribution is -3.12. The molecule has 0 amide bonds. The van der Waals surface area contributed by atoms with E-state index in [0.717, 1.165) is 28.8 Å². The SMILES string of the molecule is Cc1c(C)c2cc3c(c(C)c2oc1=O)OC[NH+]([C@@H](C)c1ccccc1)C3. The molecular formula is C22H24NO3+. The molecule has 1 N–H and O–H groups in total. The minimum absolute atomic E-state index is 0.265. The van der Waals surface area contributed by atoms with Gasteiger partial charge in [-0.05, 0) is 39.3 Å². The molecule has 4 rings (SSSR count). The molecule has 4 nitrogen and oxygen atoms in total. The van der Waals surface area contributed by atoms with Gasteiger partial charge >= 0.3 is 5.63 Å². The molecule has 134 valence electrons. The van der Waals surface area contributed by atoms with Crippen LogP contribution >= 0.6 is 0 Å². The molecule has 0 radical (unpaired) electrons. The number of nitrogens with one attached hydrogen (secondary N) is 1. The normalized spacial score (nSPS) is 17.6. The van der Waals surface area contributed by atoms with E-state index in [1.807, 2.05) is 26.8 Å². The molecule has 0 bridgehead atoms. The zero-order valence-corrected chi connectivity index (χ0v) is 15.7. The molecule has 0 saturated carbocycles. The van der Waals surface area contributed by atoms with E-state index in [-0.39, 0.29) is 5.63 Å². The molecular weight excluding hydrogens is 326 g/mol. The van der Waals surface area contributed by atoms with Gasteiger partial charge in [0.05, 0.1) is 0 Å². The van der Waals surface area contributed by atoms with Crippen LogP contribution in [0.5, 0.6) is 5.75 Å². The fourth-order valence-corrected chi connectivity index (χ4v) is 3.83. The van der Waals surface area contributed by atoms with Gasteiger partial charge in [0.25, 0.3) is 0 Å². The van der Waals surface area contributed by atoms with E-state index in [1.165, 1.54) is 16.0 Å². The van der Waals surface area contributed by atoms with Gasteiger partial charge in [0.1, 0.15) is 23.9 Å². The van der Waals surface area contributed by atoms with E-state index < -0.39 is 0 Å². The summed E-state index contributed by atoms with van der Waals surface area (Å²) < 4.78 is 11.7. The first kappa shape index (κ1) is 16.9. The maximum atomic E-state index is 12.1. The predicted octanol–water partition coefficient (Wildman–Crippen LogP) is 3.21. The third-order valence-corrected chi connectivity index (χ3v) is 5.73. The summed E-state index contributed by atoms with van der Waals surface area (Å²) in [6.45, 7) is 9.51. The Kier molecular flexibility index (Phi) is 4.08. The topological polar surface area (TPSA) is 43.9 Å². The van der Waals surface area contributed by atoms with Crippen LogP contribution in [-0.2, 0) is 6.54 Å². The van der Waals surface area contributed by atoms with Gasteiger partial charge in [-0.1, -0.05) is 30.3 Å². The molecule has 1 unspecified atom stereocenters. The summed E-state index contributed by atoms with van der Waals surface area (Å²) in [5, 5.41) is 1.01. The predicted molar refractivity (Wildman–Crippen MR) is 102 cm³/mol. The third-order valence-electron chi connectivity index (χ3n) is 5.73. The standard InChI is InChI=1S/C22H23NO3/c1-13-14(2)22(24)26-21-15(3)20-18(10-19(13)21)11-23(12-25-20)16(4)17-8-6-5-7-9-17/h5-10,16H,11-12H2,1-4H3/p+1/t16-/m0/s1. The van der Waals surface area contributed by atoms with Crippen molar-refractivity contribution >= 4 is 11.0 Å². The number of hydrogen-bond donors (Lipinski definition) is 1. The van der Waals surface area contributed by atoms with Crippen molar-refractivity contribution < 1.29 is 14.1 Å². The Morgan fingerprint density at radius 3 is 2.50 bits per heavy atom. The van der Waals surface area contributed by atoms with Crippen molar-refractivity contribution in [1.29, 1.82) is 0 Å². The lowest BCUT2D eigenvalue weighted by molar-refractivity contribution is -0.960. The highest BCUT2D eigenvalue weighted by atomic mass is 16.5. The molecule has 0 spiro atoms. The summed E-state index contributed by atoms with van der Waals surface area (Å²) in [5.74, 6) is 0.868. The number of benzene rings is 2. The second-order valence-electron chi connectivity index (χ2n) is 7.26. The van der Waals surface area contributed by atoms with Crippen molar-refractivity contribution in [2.75, 3.05) is 6.73 Å². The molecule has 1 aliphatic heterocycles. The Morgan fingerprint density at radius 1 is 1.04 bits per heavy atom. The van der Waals surface area contributed by atoms with Crippen LogP contribution in [0.15, 0.2) is 45.6 Å². The molecule has 26 heavy (non-hydrogen) atoms. The zero-order valence-electron chi connectivity index (χ0n) is 15.7. The molecule has 0 fully saturated rings. The minimum Gasteiger partial charge on any atom is -0.444 e. The highest BCUT2D eigenvalue weighted by Crippen LogP contribution is 2.34. The largest absolute Gasteiger partial charge is 0.444 e. The summed E-state index contributed by atoms with van der Waals surface area (Å²) in [7, 11) is 0. The van der Waals surface area contributed by atoms with Gasteiger partial charge in [-0.3, -0.25) is 4.90 Å². The Labute approximate surface area is 153 Å². The Balaban J connectivity index is 1.78. The van der Waals surface area contributed by atoms with Crippen molar-refractivity contribution in [3.8, 4) is 5.75 Å². The first-order valence-corrected chi connectivity index (χ1v) is 9.06. The summed E-state index contributed by atoms with van der Waals surface area (Å²) >= 11 is 0. The molecule has 1 aromatic heterocycles. The number of rotatable bonds is 2. The van der Waals surface area contributed by atoms with E-state index in [0.29, 0.717) is 23.9 Å². The Bertz CT molecular complexity index is 1040. The Hall–Kier alpha value is -2.59. The van der Waals surface area contributed by atoms with Gasteiger partial charge in [-0.25, -0.2) is 4.79 Å². The summed E-state index contributed by atoms with van der Waals surface area (Å²) in [6.07, 6.45) is 0. The van der Waals surface area contributed by atoms with Crippen LogP contribution in [0, 0.1) is 20.8 Å². The summed E-state index contributed by atoms with van der Waals surface area (Å²) in [6, 6.07) is 13.0. The van der Waals surface area contributed by atoms with Crippen molar-refractivity contribution in [2.45, 2.75) is 40.3 Å². The number of hydrogen-bond acceptors (Lipinski definition) is 3. The quantitative estimate of drug-likeness (QED) is 0.722. The second-order valence-corrected chi connectivity index (χ2v) is 7.26. The van der Waals surface area contributed by atoms with E-state index >= 15 is 0 Å². The molecule has 2 aromatic carbocycles. The molecule has 3 aromatic rings. The van der Waals surface area contributed by atoms with Gasteiger partial charge in [-0.15, -0.1) is 0 Å². The average Bonchev–Trinajstić information content (AvgIpc) is 2.67. The zero-order chi connectivity index (χ0) is 18.4. The number of fused-ring (bicyclic) bond motifs is 2. The molecule has 2 heterocycles. The highest BCUT2D eigenvalue weighted by molar-refractivity contribution is 5.86. The van der Waals surface area contributed by atoms with E-state index in [1.54, 1.807) is 0 Å². The first-order valence-electron chi connectivity index (χ1n) is 9.06. The smallest absolute Gasteiger partial charge is 0.339 e. The van der Waals surface area contributed by atoms with Crippen LogP contribution in [0.3, 0.4) is 0 Å². The van der Waals surface area contributed by atoms with Crippen LogP contribution in [0.25, 0.3) is 11.0 Å². The van der Waals surface area contributed by atoms with Crippen molar-refractivity contribution in [2.24, 2.45) is 0 Å². The molecule has 0 aliphatic carbocycles. The second kappa shape index (κ2) is 6.29. The molecule has 0 saturated heterocycles. The highest BCUT2D eigenvalue weighted by Gasteiger charge is 2.29. The third kappa shape index (κ3) is 2.61. The first-order chi connectivity index (χ1) is 12.5. The lowest BCUT2D eigenvalue weighted by atomic mass is 9.98. The van der Waals surface area contributed by atoms with E-state index in [2.05, 4.69) is 37.3 Å². The fraction of sp³-hybridized carbons (Fsp3) is 0.318. The van der Waals surface area contributed by atoms with Crippen LogP contribution in [0.2, 0.25) is 0 Å². The van der Waals surface area contributed by atoms with Crippen molar-refractivity contribution in [3.63, 3.8) is 0 Å². The number of aryl methyl sites for hydroxylation is 2. The maximum absolute atomic E-state index is 12.1. The number of quaternary nitrogens is 1. The van der Waals surface area contributed by atoms with Gasteiger partial charge < -0.3 is 9.15 Å². The number of ether oxygens (including phenoxy) is 1. The molecule has 1 aliphatic rings. The summed E-state index contributed by atoms with van der Waals surface area (Å²) in [5.41, 5.74) is 5.46. The van der Waals surface area contributed by atoms with Crippen LogP contribution in [0.1, 0.15) is 40.8 Å². The average molecular weight is 350 g/mol. The summed E-state index contributed by atoms with van der Waals surface area (Å²) in [4.78, 5) is 13.4. The molecule has 4 heteroatoms. The minimum atomic E-state index is -0.265. The Morgan fingerprint density at radius 2 is 1.77 bits per heavy atom.